The number of carbonyl (C=O) groups is 2. The zero-order valence-corrected chi connectivity index (χ0v) is 14.4. The quantitative estimate of drug-likeness (QED) is 0.789. The summed E-state index contributed by atoms with van der Waals surface area (Å²) >= 11 is 0. The normalized spacial score (nSPS) is 10.5. The van der Waals surface area contributed by atoms with Gasteiger partial charge in [0.05, 0.1) is 7.11 Å². The molecule has 5 heteroatoms. The second-order valence-electron chi connectivity index (χ2n) is 5.37. The topological polar surface area (TPSA) is 58.6 Å². The number of nitrogens with one attached hydrogen (secondary N) is 1. The summed E-state index contributed by atoms with van der Waals surface area (Å²) in [7, 11) is 1.58. The lowest BCUT2D eigenvalue weighted by molar-refractivity contribution is -0.130. The number of rotatable bonds is 7. The van der Waals surface area contributed by atoms with Crippen LogP contribution in [0.4, 0.5) is 5.69 Å². The van der Waals surface area contributed by atoms with E-state index >= 15 is 0 Å². The number of anilines is 1. The molecule has 0 fully saturated rings. The van der Waals surface area contributed by atoms with Gasteiger partial charge in [-0.1, -0.05) is 30.3 Å². The van der Waals surface area contributed by atoms with Crippen LogP contribution < -0.4 is 10.1 Å². The van der Waals surface area contributed by atoms with Gasteiger partial charge in [0.1, 0.15) is 12.3 Å². The lowest BCUT2D eigenvalue weighted by Gasteiger charge is -2.18. The number of amides is 2. The van der Waals surface area contributed by atoms with Gasteiger partial charge in [0.2, 0.25) is 11.8 Å². The molecule has 0 aliphatic carbocycles. The van der Waals surface area contributed by atoms with Crippen LogP contribution in [0.25, 0.3) is 6.08 Å². The van der Waals surface area contributed by atoms with E-state index in [9.17, 15) is 9.59 Å². The summed E-state index contributed by atoms with van der Waals surface area (Å²) in [6.07, 6.45) is 3.23. The van der Waals surface area contributed by atoms with Crippen LogP contribution in [0, 0.1) is 0 Å². The van der Waals surface area contributed by atoms with Gasteiger partial charge in [0.25, 0.3) is 0 Å². The van der Waals surface area contributed by atoms with E-state index in [0.717, 1.165) is 11.3 Å². The van der Waals surface area contributed by atoms with Gasteiger partial charge in [-0.05, 0) is 42.8 Å². The Kier molecular flexibility index (Phi) is 6.77. The van der Waals surface area contributed by atoms with E-state index in [4.69, 9.17) is 4.74 Å². The number of benzene rings is 2. The first-order valence-electron chi connectivity index (χ1n) is 8.08. The van der Waals surface area contributed by atoms with Crippen LogP contribution in [0.3, 0.4) is 0 Å². The third kappa shape index (κ3) is 5.80. The molecule has 1 N–H and O–H groups in total. The standard InChI is InChI=1S/C20H22N2O3/c1-3-22(20(24)14-9-16-7-5-4-6-8-16)15-19(23)21-17-10-12-18(25-2)13-11-17/h4-14H,3,15H2,1-2H3,(H,21,23)/b14-9+. The maximum Gasteiger partial charge on any atom is 0.247 e. The molecule has 2 aromatic carbocycles. The number of methoxy groups -OCH3 is 1. The second-order valence-corrected chi connectivity index (χ2v) is 5.37. The molecule has 0 unspecified atom stereocenters. The zero-order valence-electron chi connectivity index (χ0n) is 14.4. The van der Waals surface area contributed by atoms with Gasteiger partial charge in [-0.25, -0.2) is 0 Å². The molecule has 0 spiro atoms. The molecule has 0 atom stereocenters. The molecule has 0 bridgehead atoms. The minimum Gasteiger partial charge on any atom is -0.497 e. The summed E-state index contributed by atoms with van der Waals surface area (Å²) in [4.78, 5) is 25.9. The van der Waals surface area contributed by atoms with Gasteiger partial charge >= 0.3 is 0 Å². The van der Waals surface area contributed by atoms with E-state index in [0.29, 0.717) is 12.2 Å². The Bertz CT molecular complexity index is 724. The Morgan fingerprint density at radius 2 is 1.76 bits per heavy atom. The Morgan fingerprint density at radius 3 is 2.36 bits per heavy atom. The van der Waals surface area contributed by atoms with Crippen molar-refractivity contribution in [3.8, 4) is 5.75 Å². The van der Waals surface area contributed by atoms with Gasteiger partial charge in [0, 0.05) is 18.3 Å². The first kappa shape index (κ1) is 18.3. The van der Waals surface area contributed by atoms with Crippen LogP contribution in [0.15, 0.2) is 60.7 Å². The van der Waals surface area contributed by atoms with Crippen molar-refractivity contribution in [2.45, 2.75) is 6.92 Å². The van der Waals surface area contributed by atoms with E-state index in [1.54, 1.807) is 37.5 Å². The van der Waals surface area contributed by atoms with Gasteiger partial charge in [-0.15, -0.1) is 0 Å². The predicted octanol–water partition coefficient (Wildman–Crippen LogP) is 3.20. The largest absolute Gasteiger partial charge is 0.497 e. The number of carbonyl (C=O) groups excluding carboxylic acids is 2. The fourth-order valence-corrected chi connectivity index (χ4v) is 2.23. The van der Waals surface area contributed by atoms with Crippen LogP contribution in [-0.2, 0) is 9.59 Å². The number of ether oxygens (including phenoxy) is 1. The van der Waals surface area contributed by atoms with E-state index in [2.05, 4.69) is 5.32 Å². The fourth-order valence-electron chi connectivity index (χ4n) is 2.23. The molecule has 130 valence electrons. The fraction of sp³-hybridized carbons (Fsp3) is 0.200. The Labute approximate surface area is 147 Å². The zero-order chi connectivity index (χ0) is 18.1. The highest BCUT2D eigenvalue weighted by Crippen LogP contribution is 2.15. The van der Waals surface area contributed by atoms with Crippen molar-refractivity contribution in [2.24, 2.45) is 0 Å². The van der Waals surface area contributed by atoms with Crippen LogP contribution in [0.1, 0.15) is 12.5 Å². The first-order valence-corrected chi connectivity index (χ1v) is 8.08. The second kappa shape index (κ2) is 9.27. The Hall–Kier alpha value is -3.08. The van der Waals surface area contributed by atoms with E-state index in [1.165, 1.54) is 11.0 Å². The number of likely N-dealkylation sites (N-methyl/N-ethyl adjacent to an activating group) is 1. The van der Waals surface area contributed by atoms with Crippen molar-refractivity contribution in [1.29, 1.82) is 0 Å². The average Bonchev–Trinajstić information content (AvgIpc) is 2.65. The lowest BCUT2D eigenvalue weighted by atomic mass is 10.2. The molecule has 0 radical (unpaired) electrons. The molecule has 0 aliphatic heterocycles. The van der Waals surface area contributed by atoms with Crippen molar-refractivity contribution >= 4 is 23.6 Å². The van der Waals surface area contributed by atoms with Crippen LogP contribution in [-0.4, -0.2) is 36.9 Å². The minimum absolute atomic E-state index is 0.000488. The number of hydrogen-bond acceptors (Lipinski definition) is 3. The molecule has 0 aliphatic rings. The van der Waals surface area contributed by atoms with E-state index in [1.807, 2.05) is 37.3 Å². The highest BCUT2D eigenvalue weighted by atomic mass is 16.5. The van der Waals surface area contributed by atoms with Crippen molar-refractivity contribution < 1.29 is 14.3 Å². The monoisotopic (exact) mass is 338 g/mol. The number of hydrogen-bond donors (Lipinski definition) is 1. The Balaban J connectivity index is 1.92. The Morgan fingerprint density at radius 1 is 1.08 bits per heavy atom. The summed E-state index contributed by atoms with van der Waals surface area (Å²) in [6, 6.07) is 16.6. The van der Waals surface area contributed by atoms with Crippen molar-refractivity contribution in [3.63, 3.8) is 0 Å². The summed E-state index contributed by atoms with van der Waals surface area (Å²) in [5.74, 6) is 0.277. The van der Waals surface area contributed by atoms with Crippen LogP contribution in [0.5, 0.6) is 5.75 Å². The third-order valence-electron chi connectivity index (χ3n) is 3.62. The molecular formula is C20H22N2O3. The van der Waals surface area contributed by atoms with Crippen molar-refractivity contribution in [1.82, 2.24) is 4.90 Å². The smallest absolute Gasteiger partial charge is 0.247 e. The molecule has 2 amide bonds. The SMILES string of the molecule is CCN(CC(=O)Nc1ccc(OC)cc1)C(=O)/C=C/c1ccccc1. The molecule has 0 saturated carbocycles. The average molecular weight is 338 g/mol. The molecule has 5 nitrogen and oxygen atoms in total. The maximum atomic E-state index is 12.3. The summed E-state index contributed by atoms with van der Waals surface area (Å²) < 4.78 is 5.08. The molecule has 2 rings (SSSR count). The van der Waals surface area contributed by atoms with E-state index in [-0.39, 0.29) is 18.4 Å². The molecule has 0 heterocycles. The first-order chi connectivity index (χ1) is 12.1. The minimum atomic E-state index is -0.242. The van der Waals surface area contributed by atoms with Crippen LogP contribution in [0.2, 0.25) is 0 Å². The molecule has 0 aromatic heterocycles. The van der Waals surface area contributed by atoms with Gasteiger partial charge in [0.15, 0.2) is 0 Å². The van der Waals surface area contributed by atoms with Crippen LogP contribution >= 0.6 is 0 Å². The molecular weight excluding hydrogens is 316 g/mol. The highest BCUT2D eigenvalue weighted by Gasteiger charge is 2.13. The van der Waals surface area contributed by atoms with E-state index < -0.39 is 0 Å². The van der Waals surface area contributed by atoms with Gasteiger partial charge in [-0.2, -0.15) is 0 Å². The maximum absolute atomic E-state index is 12.3. The molecule has 2 aromatic rings. The summed E-state index contributed by atoms with van der Waals surface area (Å²) in [5, 5.41) is 2.77. The summed E-state index contributed by atoms with van der Waals surface area (Å²) in [6.45, 7) is 2.30. The van der Waals surface area contributed by atoms with Gasteiger partial charge < -0.3 is 15.0 Å². The third-order valence-corrected chi connectivity index (χ3v) is 3.62. The highest BCUT2D eigenvalue weighted by molar-refractivity contribution is 5.98. The van der Waals surface area contributed by atoms with Gasteiger partial charge in [-0.3, -0.25) is 9.59 Å². The van der Waals surface area contributed by atoms with Crippen molar-refractivity contribution in [3.05, 3.63) is 66.2 Å². The predicted molar refractivity (Wildman–Crippen MR) is 99.4 cm³/mol. The summed E-state index contributed by atoms with van der Waals surface area (Å²) in [5.41, 5.74) is 1.60. The van der Waals surface area contributed by atoms with Crippen molar-refractivity contribution in [2.75, 3.05) is 25.5 Å². The number of nitrogens with zero attached hydrogens (tertiary/aromatic N) is 1. The lowest BCUT2D eigenvalue weighted by Crippen LogP contribution is -2.36. The molecule has 0 saturated heterocycles. The molecule has 25 heavy (non-hydrogen) atoms.